The Balaban J connectivity index is 1.91. The van der Waals surface area contributed by atoms with Crippen molar-refractivity contribution in [3.8, 4) is 0 Å². The number of carbonyl (C=O) groups excluding carboxylic acids is 2. The highest BCUT2D eigenvalue weighted by molar-refractivity contribution is 5.94. The van der Waals surface area contributed by atoms with Crippen molar-refractivity contribution in [2.24, 2.45) is 5.92 Å². The lowest BCUT2D eigenvalue weighted by Crippen LogP contribution is -2.29. The molecule has 0 aliphatic rings. The van der Waals surface area contributed by atoms with Crippen molar-refractivity contribution in [1.82, 2.24) is 0 Å². The zero-order chi connectivity index (χ0) is 17.9. The Labute approximate surface area is 147 Å². The van der Waals surface area contributed by atoms with Crippen LogP contribution in [0.3, 0.4) is 0 Å². The summed E-state index contributed by atoms with van der Waals surface area (Å²) in [5.41, 5.74) is 1.72. The minimum absolute atomic E-state index is 0.120. The second-order valence-electron chi connectivity index (χ2n) is 5.52. The van der Waals surface area contributed by atoms with Gasteiger partial charge in [0.05, 0.1) is 0 Å². The SMILES string of the molecule is COCCC(C(=O)OCc1ccccc1)C(=O)OCc1ccccc1. The molecule has 0 unspecified atom stereocenters. The average molecular weight is 342 g/mol. The lowest BCUT2D eigenvalue weighted by atomic mass is 10.1. The molecule has 0 atom stereocenters. The van der Waals surface area contributed by atoms with Crippen molar-refractivity contribution in [1.29, 1.82) is 0 Å². The first kappa shape index (κ1) is 18.7. The maximum absolute atomic E-state index is 12.3. The van der Waals surface area contributed by atoms with Crippen LogP contribution in [0.5, 0.6) is 0 Å². The predicted octanol–water partition coefficient (Wildman–Crippen LogP) is 3.13. The molecule has 0 amide bonds. The molecule has 2 aromatic rings. The molecular formula is C20H22O5. The molecule has 0 saturated carbocycles. The number of methoxy groups -OCH3 is 1. The predicted molar refractivity (Wildman–Crippen MR) is 92.5 cm³/mol. The molecule has 0 spiro atoms. The molecule has 132 valence electrons. The molecule has 0 bridgehead atoms. The summed E-state index contributed by atoms with van der Waals surface area (Å²) in [5, 5.41) is 0. The minimum atomic E-state index is -0.993. The Morgan fingerprint density at radius 2 is 1.24 bits per heavy atom. The molecule has 0 fully saturated rings. The molecule has 2 rings (SSSR count). The van der Waals surface area contributed by atoms with E-state index in [4.69, 9.17) is 14.2 Å². The molecule has 0 saturated heterocycles. The Morgan fingerprint density at radius 1 is 0.800 bits per heavy atom. The molecule has 0 radical (unpaired) electrons. The van der Waals surface area contributed by atoms with Crippen LogP contribution < -0.4 is 0 Å². The Bertz CT molecular complexity index is 599. The first-order valence-corrected chi connectivity index (χ1v) is 8.10. The first-order valence-electron chi connectivity index (χ1n) is 8.10. The lowest BCUT2D eigenvalue weighted by molar-refractivity contribution is -0.164. The van der Waals surface area contributed by atoms with E-state index in [1.807, 2.05) is 60.7 Å². The summed E-state index contributed by atoms with van der Waals surface area (Å²) in [4.78, 5) is 24.6. The van der Waals surface area contributed by atoms with Gasteiger partial charge in [0, 0.05) is 13.7 Å². The Kier molecular flexibility index (Phi) is 7.66. The van der Waals surface area contributed by atoms with Gasteiger partial charge in [0.2, 0.25) is 0 Å². The largest absolute Gasteiger partial charge is 0.460 e. The fourth-order valence-electron chi connectivity index (χ4n) is 2.23. The van der Waals surface area contributed by atoms with E-state index < -0.39 is 17.9 Å². The first-order chi connectivity index (χ1) is 12.2. The molecular weight excluding hydrogens is 320 g/mol. The van der Waals surface area contributed by atoms with E-state index in [0.717, 1.165) is 11.1 Å². The summed E-state index contributed by atoms with van der Waals surface area (Å²) in [6.07, 6.45) is 0.220. The standard InChI is InChI=1S/C20H22O5/c1-23-13-12-18(19(21)24-14-16-8-4-2-5-9-16)20(22)25-15-17-10-6-3-7-11-17/h2-11,18H,12-15H2,1H3. The number of ether oxygens (including phenoxy) is 3. The van der Waals surface area contributed by atoms with Gasteiger partial charge in [-0.05, 0) is 17.5 Å². The second-order valence-corrected chi connectivity index (χ2v) is 5.52. The van der Waals surface area contributed by atoms with E-state index in [9.17, 15) is 9.59 Å². The van der Waals surface area contributed by atoms with Gasteiger partial charge < -0.3 is 14.2 Å². The minimum Gasteiger partial charge on any atom is -0.460 e. The van der Waals surface area contributed by atoms with E-state index in [1.54, 1.807) is 0 Å². The molecule has 0 heterocycles. The number of esters is 2. The quantitative estimate of drug-likeness (QED) is 0.517. The van der Waals surface area contributed by atoms with Gasteiger partial charge in [0.25, 0.3) is 0 Å². The monoisotopic (exact) mass is 342 g/mol. The van der Waals surface area contributed by atoms with Crippen LogP contribution in [0.25, 0.3) is 0 Å². The third kappa shape index (κ3) is 6.39. The summed E-state index contributed by atoms with van der Waals surface area (Å²) < 4.78 is 15.5. The third-order valence-electron chi connectivity index (χ3n) is 3.63. The van der Waals surface area contributed by atoms with Crippen molar-refractivity contribution >= 4 is 11.9 Å². The van der Waals surface area contributed by atoms with Crippen LogP contribution in [0, 0.1) is 5.92 Å². The van der Waals surface area contributed by atoms with Gasteiger partial charge in [0.15, 0.2) is 5.92 Å². The topological polar surface area (TPSA) is 61.8 Å². The van der Waals surface area contributed by atoms with Crippen molar-refractivity contribution in [2.45, 2.75) is 19.6 Å². The number of hydrogen-bond acceptors (Lipinski definition) is 5. The lowest BCUT2D eigenvalue weighted by Gasteiger charge is -2.15. The molecule has 2 aromatic carbocycles. The van der Waals surface area contributed by atoms with Crippen LogP contribution in [-0.4, -0.2) is 25.7 Å². The van der Waals surface area contributed by atoms with E-state index >= 15 is 0 Å². The zero-order valence-electron chi connectivity index (χ0n) is 14.2. The van der Waals surface area contributed by atoms with Crippen LogP contribution in [0.15, 0.2) is 60.7 Å². The smallest absolute Gasteiger partial charge is 0.320 e. The molecule has 0 N–H and O–H groups in total. The highest BCUT2D eigenvalue weighted by Gasteiger charge is 2.29. The number of carbonyl (C=O) groups is 2. The zero-order valence-corrected chi connectivity index (χ0v) is 14.2. The van der Waals surface area contributed by atoms with E-state index in [-0.39, 0.29) is 26.2 Å². The number of benzene rings is 2. The third-order valence-corrected chi connectivity index (χ3v) is 3.63. The fourth-order valence-corrected chi connectivity index (χ4v) is 2.23. The summed E-state index contributed by atoms with van der Waals surface area (Å²) in [6, 6.07) is 18.6. The second kappa shape index (κ2) is 10.3. The summed E-state index contributed by atoms with van der Waals surface area (Å²) >= 11 is 0. The maximum Gasteiger partial charge on any atom is 0.320 e. The normalized spacial score (nSPS) is 10.5. The highest BCUT2D eigenvalue weighted by atomic mass is 16.6. The maximum atomic E-state index is 12.3. The van der Waals surface area contributed by atoms with Gasteiger partial charge in [-0.1, -0.05) is 60.7 Å². The van der Waals surface area contributed by atoms with E-state index in [1.165, 1.54) is 7.11 Å². The van der Waals surface area contributed by atoms with Gasteiger partial charge in [-0.15, -0.1) is 0 Å². The number of rotatable bonds is 9. The molecule has 5 heteroatoms. The molecule has 0 aliphatic heterocycles. The summed E-state index contributed by atoms with van der Waals surface area (Å²) in [6.45, 7) is 0.510. The van der Waals surface area contributed by atoms with Gasteiger partial charge >= 0.3 is 11.9 Å². The van der Waals surface area contributed by atoms with Gasteiger partial charge in [-0.3, -0.25) is 9.59 Å². The fraction of sp³-hybridized carbons (Fsp3) is 0.300. The molecule has 0 aromatic heterocycles. The van der Waals surface area contributed by atoms with E-state index in [0.29, 0.717) is 0 Å². The summed E-state index contributed by atoms with van der Waals surface area (Å²) in [5.74, 6) is -2.19. The molecule has 5 nitrogen and oxygen atoms in total. The van der Waals surface area contributed by atoms with Crippen LogP contribution >= 0.6 is 0 Å². The van der Waals surface area contributed by atoms with Crippen molar-refractivity contribution < 1.29 is 23.8 Å². The van der Waals surface area contributed by atoms with Crippen LogP contribution in [0.1, 0.15) is 17.5 Å². The van der Waals surface area contributed by atoms with E-state index in [2.05, 4.69) is 0 Å². The van der Waals surface area contributed by atoms with Crippen molar-refractivity contribution in [3.05, 3.63) is 71.8 Å². The molecule has 0 aliphatic carbocycles. The van der Waals surface area contributed by atoms with Crippen LogP contribution in [0.2, 0.25) is 0 Å². The van der Waals surface area contributed by atoms with Crippen LogP contribution in [-0.2, 0) is 37.0 Å². The van der Waals surface area contributed by atoms with Crippen molar-refractivity contribution in [3.63, 3.8) is 0 Å². The number of hydrogen-bond donors (Lipinski definition) is 0. The van der Waals surface area contributed by atoms with Gasteiger partial charge in [-0.2, -0.15) is 0 Å². The van der Waals surface area contributed by atoms with Crippen LogP contribution in [0.4, 0.5) is 0 Å². The highest BCUT2D eigenvalue weighted by Crippen LogP contribution is 2.13. The van der Waals surface area contributed by atoms with Crippen molar-refractivity contribution in [2.75, 3.05) is 13.7 Å². The van der Waals surface area contributed by atoms with Gasteiger partial charge in [0.1, 0.15) is 13.2 Å². The Morgan fingerprint density at radius 3 is 1.64 bits per heavy atom. The average Bonchev–Trinajstić information content (AvgIpc) is 2.66. The molecule has 25 heavy (non-hydrogen) atoms. The van der Waals surface area contributed by atoms with Gasteiger partial charge in [-0.25, -0.2) is 0 Å². The summed E-state index contributed by atoms with van der Waals surface area (Å²) in [7, 11) is 1.52. The Hall–Kier alpha value is -2.66.